The van der Waals surface area contributed by atoms with E-state index in [9.17, 15) is 5.21 Å². The highest BCUT2D eigenvalue weighted by Crippen LogP contribution is 2.35. The molecule has 1 aromatic heterocycles. The van der Waals surface area contributed by atoms with Crippen LogP contribution >= 0.6 is 0 Å². The molecule has 0 radical (unpaired) electrons. The summed E-state index contributed by atoms with van der Waals surface area (Å²) in [6, 6.07) is 24.9. The number of fused-ring (bicyclic) bond motifs is 2. The minimum Gasteiger partial charge on any atom is -0.411 e. The van der Waals surface area contributed by atoms with E-state index in [1.807, 2.05) is 24.3 Å². The van der Waals surface area contributed by atoms with Crippen molar-refractivity contribution in [2.75, 3.05) is 0 Å². The molecule has 1 aliphatic rings. The van der Waals surface area contributed by atoms with Gasteiger partial charge in [-0.2, -0.15) is 0 Å². The zero-order valence-electron chi connectivity index (χ0n) is 15.4. The third-order valence-electron chi connectivity index (χ3n) is 5.62. The molecule has 0 spiro atoms. The lowest BCUT2D eigenvalue weighted by Crippen LogP contribution is -2.19. The van der Waals surface area contributed by atoms with E-state index in [2.05, 4.69) is 58.8 Å². The Balaban J connectivity index is 1.52. The van der Waals surface area contributed by atoms with E-state index in [4.69, 9.17) is 4.52 Å². The lowest BCUT2D eigenvalue weighted by Gasteiger charge is -2.22. The average Bonchev–Trinajstić information content (AvgIpc) is 3.17. The van der Waals surface area contributed by atoms with Gasteiger partial charge in [0.15, 0.2) is 0 Å². The van der Waals surface area contributed by atoms with Crippen LogP contribution in [-0.2, 0) is 12.8 Å². The number of benzene rings is 3. The van der Waals surface area contributed by atoms with Gasteiger partial charge in [-0.15, -0.1) is 0 Å². The Morgan fingerprint density at radius 3 is 2.57 bits per heavy atom. The number of rotatable bonds is 3. The summed E-state index contributed by atoms with van der Waals surface area (Å²) in [5.41, 5.74) is 4.79. The van der Waals surface area contributed by atoms with Gasteiger partial charge >= 0.3 is 0 Å². The molecule has 5 rings (SSSR count). The van der Waals surface area contributed by atoms with E-state index in [-0.39, 0.29) is 5.92 Å². The van der Waals surface area contributed by atoms with Crippen LogP contribution in [0.2, 0.25) is 0 Å². The number of hydrogen-bond acceptors (Lipinski definition) is 4. The highest BCUT2D eigenvalue weighted by molar-refractivity contribution is 6.03. The fourth-order valence-electron chi connectivity index (χ4n) is 4.26. The molecule has 0 bridgehead atoms. The lowest BCUT2D eigenvalue weighted by atomic mass is 9.81. The molecular formula is C24H20N2O2. The highest BCUT2D eigenvalue weighted by Gasteiger charge is 2.31. The first-order valence-electron chi connectivity index (χ1n) is 9.54. The van der Waals surface area contributed by atoms with E-state index in [0.29, 0.717) is 18.6 Å². The van der Waals surface area contributed by atoms with Gasteiger partial charge in [0, 0.05) is 19.3 Å². The van der Waals surface area contributed by atoms with Crippen LogP contribution in [0.1, 0.15) is 40.5 Å². The molecular weight excluding hydrogens is 348 g/mol. The number of hydrogen-bond donors (Lipinski definition) is 1. The third-order valence-corrected chi connectivity index (χ3v) is 5.62. The second-order valence-corrected chi connectivity index (χ2v) is 7.31. The second kappa shape index (κ2) is 6.97. The van der Waals surface area contributed by atoms with Crippen molar-refractivity contribution in [3.05, 3.63) is 101 Å². The minimum atomic E-state index is 0.234. The highest BCUT2D eigenvalue weighted by atomic mass is 16.5. The fourth-order valence-corrected chi connectivity index (χ4v) is 4.26. The molecule has 138 valence electrons. The number of nitrogens with zero attached hydrogens (tertiary/aromatic N) is 2. The molecule has 0 saturated heterocycles. The maximum atomic E-state index is 9.70. The summed E-state index contributed by atoms with van der Waals surface area (Å²) in [5, 5.41) is 20.1. The van der Waals surface area contributed by atoms with Crippen LogP contribution in [-0.4, -0.2) is 16.1 Å². The lowest BCUT2D eigenvalue weighted by molar-refractivity contribution is 0.315. The van der Waals surface area contributed by atoms with Crippen LogP contribution in [0.4, 0.5) is 0 Å². The molecule has 1 N–H and O–H groups in total. The summed E-state index contributed by atoms with van der Waals surface area (Å²) >= 11 is 0. The van der Waals surface area contributed by atoms with Crippen LogP contribution in [0.15, 0.2) is 82.5 Å². The molecule has 1 unspecified atom stereocenters. The molecule has 1 heterocycles. The quantitative estimate of drug-likeness (QED) is 0.393. The van der Waals surface area contributed by atoms with Crippen LogP contribution < -0.4 is 0 Å². The molecule has 0 fully saturated rings. The first kappa shape index (κ1) is 16.8. The maximum absolute atomic E-state index is 9.70. The standard InChI is InChI=1S/C24H20N2O2/c27-25-21-14-19(16-7-2-1-3-8-16)15-23-24(21)22(26-28-23)13-18-11-6-10-17-9-4-5-12-20(17)18/h1-12,19,27H,13-15H2. The van der Waals surface area contributed by atoms with Gasteiger partial charge in [0.2, 0.25) is 0 Å². The monoisotopic (exact) mass is 368 g/mol. The minimum absolute atomic E-state index is 0.234. The maximum Gasteiger partial charge on any atom is 0.146 e. The van der Waals surface area contributed by atoms with Gasteiger partial charge < -0.3 is 9.73 Å². The molecule has 3 aromatic carbocycles. The molecule has 1 aliphatic carbocycles. The molecule has 0 amide bonds. The smallest absolute Gasteiger partial charge is 0.146 e. The normalized spacial score (nSPS) is 17.7. The van der Waals surface area contributed by atoms with Gasteiger partial charge in [0.25, 0.3) is 0 Å². The fraction of sp³-hybridized carbons (Fsp3) is 0.167. The van der Waals surface area contributed by atoms with Crippen molar-refractivity contribution >= 4 is 16.5 Å². The summed E-state index contributed by atoms with van der Waals surface area (Å²) in [4.78, 5) is 0. The Kier molecular flexibility index (Phi) is 4.17. The Labute approximate surface area is 163 Å². The summed E-state index contributed by atoms with van der Waals surface area (Å²) in [7, 11) is 0. The summed E-state index contributed by atoms with van der Waals surface area (Å²) < 4.78 is 5.71. The van der Waals surface area contributed by atoms with Gasteiger partial charge in [-0.1, -0.05) is 83.1 Å². The van der Waals surface area contributed by atoms with Gasteiger partial charge in [-0.3, -0.25) is 0 Å². The van der Waals surface area contributed by atoms with Crippen molar-refractivity contribution in [1.29, 1.82) is 0 Å². The summed E-state index contributed by atoms with van der Waals surface area (Å²) in [6.45, 7) is 0. The van der Waals surface area contributed by atoms with Gasteiger partial charge in [-0.05, 0) is 27.8 Å². The third kappa shape index (κ3) is 2.87. The van der Waals surface area contributed by atoms with E-state index in [0.717, 1.165) is 23.4 Å². The Morgan fingerprint density at radius 2 is 1.71 bits per heavy atom. The Hall–Kier alpha value is -3.40. The van der Waals surface area contributed by atoms with Crippen molar-refractivity contribution in [3.63, 3.8) is 0 Å². The van der Waals surface area contributed by atoms with Crippen molar-refractivity contribution in [2.24, 2.45) is 5.16 Å². The summed E-state index contributed by atoms with van der Waals surface area (Å²) in [5.74, 6) is 1.04. The van der Waals surface area contributed by atoms with E-state index in [1.54, 1.807) is 0 Å². The van der Waals surface area contributed by atoms with Crippen LogP contribution in [0.25, 0.3) is 10.8 Å². The predicted octanol–water partition coefficient (Wildman–Crippen LogP) is 5.33. The van der Waals surface area contributed by atoms with E-state index < -0.39 is 0 Å². The zero-order valence-corrected chi connectivity index (χ0v) is 15.4. The Bertz CT molecular complexity index is 1160. The van der Waals surface area contributed by atoms with Gasteiger partial charge in [0.1, 0.15) is 5.76 Å². The molecule has 1 atom stereocenters. The van der Waals surface area contributed by atoms with Crippen molar-refractivity contribution in [2.45, 2.75) is 25.2 Å². The van der Waals surface area contributed by atoms with E-state index in [1.165, 1.54) is 21.9 Å². The summed E-state index contributed by atoms with van der Waals surface area (Å²) in [6.07, 6.45) is 2.09. The first-order valence-corrected chi connectivity index (χ1v) is 9.54. The zero-order chi connectivity index (χ0) is 18.9. The molecule has 0 aliphatic heterocycles. The molecule has 28 heavy (non-hydrogen) atoms. The van der Waals surface area contributed by atoms with Crippen molar-refractivity contribution in [1.82, 2.24) is 5.16 Å². The van der Waals surface area contributed by atoms with Gasteiger partial charge in [-0.25, -0.2) is 0 Å². The first-order chi connectivity index (χ1) is 13.8. The topological polar surface area (TPSA) is 58.6 Å². The predicted molar refractivity (Wildman–Crippen MR) is 109 cm³/mol. The average molecular weight is 368 g/mol. The molecule has 4 aromatic rings. The van der Waals surface area contributed by atoms with E-state index >= 15 is 0 Å². The Morgan fingerprint density at radius 1 is 0.929 bits per heavy atom. The molecule has 4 heteroatoms. The van der Waals surface area contributed by atoms with Crippen LogP contribution in [0.3, 0.4) is 0 Å². The molecule has 4 nitrogen and oxygen atoms in total. The molecule has 0 saturated carbocycles. The number of oxime groups is 1. The number of aromatic nitrogens is 1. The van der Waals surface area contributed by atoms with Gasteiger partial charge in [0.05, 0.1) is 17.0 Å². The second-order valence-electron chi connectivity index (χ2n) is 7.31. The largest absolute Gasteiger partial charge is 0.411 e. The van der Waals surface area contributed by atoms with Crippen LogP contribution in [0, 0.1) is 0 Å². The van der Waals surface area contributed by atoms with Crippen LogP contribution in [0.5, 0.6) is 0 Å². The van der Waals surface area contributed by atoms with Crippen molar-refractivity contribution in [3.8, 4) is 0 Å². The van der Waals surface area contributed by atoms with Crippen molar-refractivity contribution < 1.29 is 9.73 Å². The SMILES string of the molecule is ON=C1CC(c2ccccc2)Cc2onc(Cc3cccc4ccccc34)c21.